The number of rotatable bonds is 5. The Bertz CT molecular complexity index is 1140. The van der Waals surface area contributed by atoms with Gasteiger partial charge in [-0.05, 0) is 37.8 Å². The predicted molar refractivity (Wildman–Crippen MR) is 105 cm³/mol. The van der Waals surface area contributed by atoms with E-state index in [-0.39, 0.29) is 12.1 Å². The van der Waals surface area contributed by atoms with Crippen molar-refractivity contribution in [1.82, 2.24) is 29.7 Å². The second-order valence-electron chi connectivity index (χ2n) is 7.87. The number of H-pyrrole nitrogens is 1. The zero-order valence-corrected chi connectivity index (χ0v) is 15.3. The normalized spacial score (nSPS) is 21.9. The van der Waals surface area contributed by atoms with Crippen LogP contribution in [-0.4, -0.2) is 40.9 Å². The van der Waals surface area contributed by atoms with Crippen LogP contribution in [0.3, 0.4) is 0 Å². The third kappa shape index (κ3) is 2.63. The van der Waals surface area contributed by atoms with E-state index in [2.05, 4.69) is 20.3 Å². The van der Waals surface area contributed by atoms with Gasteiger partial charge in [-0.1, -0.05) is 12.1 Å². The molecular weight excluding hydrogens is 354 g/mol. The van der Waals surface area contributed by atoms with Gasteiger partial charge in [-0.2, -0.15) is 5.10 Å². The molecule has 8 nitrogen and oxygen atoms in total. The first-order chi connectivity index (χ1) is 13.7. The predicted octanol–water partition coefficient (Wildman–Crippen LogP) is 2.89. The second kappa shape index (κ2) is 6.00. The van der Waals surface area contributed by atoms with Crippen molar-refractivity contribution in [1.29, 1.82) is 0 Å². The van der Waals surface area contributed by atoms with Gasteiger partial charge in [0, 0.05) is 12.1 Å². The summed E-state index contributed by atoms with van der Waals surface area (Å²) < 4.78 is 1.95. The molecular formula is C20H21N7O. The molecule has 0 spiro atoms. The molecule has 2 fully saturated rings. The fourth-order valence-electron chi connectivity index (χ4n) is 3.89. The Labute approximate surface area is 161 Å². The van der Waals surface area contributed by atoms with Gasteiger partial charge in [-0.3, -0.25) is 0 Å². The maximum atomic E-state index is 9.73. The van der Waals surface area contributed by atoms with Crippen LogP contribution in [0.25, 0.3) is 22.2 Å². The maximum absolute atomic E-state index is 9.73. The average molecular weight is 375 g/mol. The number of nitrogens with zero attached hydrogens (tertiary/aromatic N) is 5. The molecule has 4 aromatic rings. The van der Waals surface area contributed by atoms with Crippen molar-refractivity contribution >= 4 is 28.0 Å². The molecule has 0 unspecified atom stereocenters. The van der Waals surface area contributed by atoms with Gasteiger partial charge in [-0.25, -0.2) is 19.6 Å². The fourth-order valence-corrected chi connectivity index (χ4v) is 3.89. The van der Waals surface area contributed by atoms with Gasteiger partial charge in [0.15, 0.2) is 17.0 Å². The number of aromatic nitrogens is 6. The minimum Gasteiger partial charge on any atom is -0.393 e. The van der Waals surface area contributed by atoms with E-state index in [0.29, 0.717) is 18.3 Å². The van der Waals surface area contributed by atoms with Crippen molar-refractivity contribution in [3.63, 3.8) is 0 Å². The van der Waals surface area contributed by atoms with Crippen LogP contribution in [0.15, 0.2) is 30.5 Å². The molecule has 0 amide bonds. The van der Waals surface area contributed by atoms with Crippen molar-refractivity contribution in [3.8, 4) is 0 Å². The monoisotopic (exact) mass is 375 g/mol. The van der Waals surface area contributed by atoms with Crippen molar-refractivity contribution in [3.05, 3.63) is 42.0 Å². The van der Waals surface area contributed by atoms with E-state index in [1.807, 2.05) is 35.1 Å². The molecule has 142 valence electrons. The Kier molecular flexibility index (Phi) is 3.43. The topological polar surface area (TPSA) is 105 Å². The zero-order chi connectivity index (χ0) is 18.7. The zero-order valence-electron chi connectivity index (χ0n) is 15.3. The molecule has 28 heavy (non-hydrogen) atoms. The van der Waals surface area contributed by atoms with Crippen LogP contribution in [0, 0.1) is 0 Å². The highest BCUT2D eigenvalue weighted by Crippen LogP contribution is 2.40. The van der Waals surface area contributed by atoms with Gasteiger partial charge in [0.25, 0.3) is 0 Å². The first kappa shape index (κ1) is 16.0. The lowest BCUT2D eigenvalue weighted by Crippen LogP contribution is -2.31. The van der Waals surface area contributed by atoms with E-state index < -0.39 is 0 Å². The molecule has 0 bridgehead atoms. The summed E-state index contributed by atoms with van der Waals surface area (Å²) in [5, 5.41) is 17.9. The van der Waals surface area contributed by atoms with E-state index in [9.17, 15) is 5.11 Å². The van der Waals surface area contributed by atoms with E-state index in [1.54, 1.807) is 0 Å². The smallest absolute Gasteiger partial charge is 0.179 e. The van der Waals surface area contributed by atoms with Gasteiger partial charge in [-0.15, -0.1) is 0 Å². The van der Waals surface area contributed by atoms with Crippen LogP contribution >= 0.6 is 0 Å². The van der Waals surface area contributed by atoms with Crippen LogP contribution < -0.4 is 5.32 Å². The summed E-state index contributed by atoms with van der Waals surface area (Å²) in [4.78, 5) is 17.5. The summed E-state index contributed by atoms with van der Waals surface area (Å²) in [5.41, 5.74) is 4.62. The number of aliphatic hydroxyl groups is 1. The highest BCUT2D eigenvalue weighted by molar-refractivity contribution is 5.83. The lowest BCUT2D eigenvalue weighted by molar-refractivity contribution is 0.0452. The Morgan fingerprint density at radius 2 is 2.04 bits per heavy atom. The molecule has 2 saturated carbocycles. The van der Waals surface area contributed by atoms with Gasteiger partial charge in [0.2, 0.25) is 0 Å². The number of fused-ring (bicyclic) bond motifs is 2. The summed E-state index contributed by atoms with van der Waals surface area (Å²) in [6.07, 6.45) is 5.45. The Morgan fingerprint density at radius 1 is 1.18 bits per heavy atom. The number of hydrogen-bond donors (Lipinski definition) is 3. The number of anilines is 1. The largest absolute Gasteiger partial charge is 0.393 e. The van der Waals surface area contributed by atoms with Gasteiger partial charge in [0.05, 0.1) is 35.4 Å². The Balaban J connectivity index is 1.33. The standard InChI is InChI=1S/C20H21N7O/c28-13-7-12(8-13)27-20-18(21-9-16(25-20)11-5-6-11)19(26-27)22-10-17-23-14-3-1-2-4-15(14)24-17/h1-4,9,11-13,28H,5-8,10H2,(H,22,26)(H,23,24)/t12-,13-. The van der Waals surface area contributed by atoms with E-state index in [4.69, 9.17) is 10.1 Å². The highest BCUT2D eigenvalue weighted by Gasteiger charge is 2.33. The molecule has 1 aromatic carbocycles. The number of nitrogens with one attached hydrogen (secondary N) is 2. The molecule has 2 aliphatic rings. The van der Waals surface area contributed by atoms with Crippen LogP contribution in [0.5, 0.6) is 0 Å². The molecule has 0 saturated heterocycles. The van der Waals surface area contributed by atoms with Crippen LogP contribution in [0.2, 0.25) is 0 Å². The average Bonchev–Trinajstić information content (AvgIpc) is 3.36. The molecule has 3 aromatic heterocycles. The summed E-state index contributed by atoms with van der Waals surface area (Å²) in [7, 11) is 0. The number of hydrogen-bond acceptors (Lipinski definition) is 6. The quantitative estimate of drug-likeness (QED) is 0.495. The van der Waals surface area contributed by atoms with Crippen molar-refractivity contribution in [2.24, 2.45) is 0 Å². The molecule has 0 atom stereocenters. The molecule has 2 aliphatic carbocycles. The molecule has 3 heterocycles. The summed E-state index contributed by atoms with van der Waals surface area (Å²) in [6, 6.07) is 8.17. The molecule has 6 rings (SSSR count). The third-order valence-corrected chi connectivity index (χ3v) is 5.71. The van der Waals surface area contributed by atoms with Crippen molar-refractivity contribution in [2.45, 2.75) is 50.3 Å². The maximum Gasteiger partial charge on any atom is 0.179 e. The van der Waals surface area contributed by atoms with Gasteiger partial charge >= 0.3 is 0 Å². The minimum atomic E-state index is -0.240. The molecule has 0 aliphatic heterocycles. The van der Waals surface area contributed by atoms with Crippen LogP contribution in [0.4, 0.5) is 5.82 Å². The lowest BCUT2D eigenvalue weighted by atomic mass is 9.90. The number of benzene rings is 1. The first-order valence-corrected chi connectivity index (χ1v) is 9.85. The Hall–Kier alpha value is -3.00. The summed E-state index contributed by atoms with van der Waals surface area (Å²) >= 11 is 0. The van der Waals surface area contributed by atoms with E-state index >= 15 is 0 Å². The lowest BCUT2D eigenvalue weighted by Gasteiger charge is -2.31. The number of imidazole rings is 1. The SMILES string of the molecule is O[C@H]1C[C@H](n2nc(NCc3nc4ccccc4[nH]3)c3ncc(C4CC4)nc32)C1. The molecule has 0 radical (unpaired) electrons. The molecule has 3 N–H and O–H groups in total. The summed E-state index contributed by atoms with van der Waals surface area (Å²) in [6.45, 7) is 0.528. The van der Waals surface area contributed by atoms with Gasteiger partial charge in [0.1, 0.15) is 5.82 Å². The Morgan fingerprint density at radius 3 is 2.82 bits per heavy atom. The van der Waals surface area contributed by atoms with Crippen molar-refractivity contribution in [2.75, 3.05) is 5.32 Å². The molecule has 8 heteroatoms. The van der Waals surface area contributed by atoms with E-state index in [1.165, 1.54) is 12.8 Å². The number of aromatic amines is 1. The van der Waals surface area contributed by atoms with Crippen LogP contribution in [-0.2, 0) is 6.54 Å². The number of para-hydroxylation sites is 2. The van der Waals surface area contributed by atoms with E-state index in [0.717, 1.165) is 46.6 Å². The van der Waals surface area contributed by atoms with Crippen LogP contribution in [0.1, 0.15) is 49.2 Å². The first-order valence-electron chi connectivity index (χ1n) is 9.85. The van der Waals surface area contributed by atoms with Gasteiger partial charge < -0.3 is 15.4 Å². The second-order valence-corrected chi connectivity index (χ2v) is 7.87. The highest BCUT2D eigenvalue weighted by atomic mass is 16.3. The third-order valence-electron chi connectivity index (χ3n) is 5.71. The minimum absolute atomic E-state index is 0.183. The van der Waals surface area contributed by atoms with Crippen molar-refractivity contribution < 1.29 is 5.11 Å². The number of aliphatic hydroxyl groups excluding tert-OH is 1. The fraction of sp³-hybridized carbons (Fsp3) is 0.400. The summed E-state index contributed by atoms with van der Waals surface area (Å²) in [5.74, 6) is 2.11.